The van der Waals surface area contributed by atoms with Gasteiger partial charge in [-0.05, 0) is 36.8 Å². The first kappa shape index (κ1) is 11.9. The van der Waals surface area contributed by atoms with E-state index in [1.165, 1.54) is 6.42 Å². The van der Waals surface area contributed by atoms with Crippen molar-refractivity contribution in [3.05, 3.63) is 0 Å². The molecule has 12 heavy (non-hydrogen) atoms. The van der Waals surface area contributed by atoms with Crippen LogP contribution in [0, 0.1) is 10.8 Å². The fraction of sp³-hybridized carbons (Fsp3) is 1.00. The van der Waals surface area contributed by atoms with Crippen LogP contribution in [0.1, 0.15) is 40.5 Å². The van der Waals surface area contributed by atoms with Crippen molar-refractivity contribution in [2.75, 3.05) is 13.1 Å². The fourth-order valence-corrected chi connectivity index (χ4v) is 0.964. The Morgan fingerprint density at radius 2 is 1.25 bits per heavy atom. The smallest absolute Gasteiger partial charge is 0.00111 e. The highest BCUT2D eigenvalue weighted by Crippen LogP contribution is 2.28. The highest BCUT2D eigenvalue weighted by Gasteiger charge is 2.23. The average molecular weight is 172 g/mol. The van der Waals surface area contributed by atoms with E-state index in [-0.39, 0.29) is 5.41 Å². The third-order valence-corrected chi connectivity index (χ3v) is 2.46. The molecular formula is C10H24N2. The molecule has 0 aliphatic heterocycles. The zero-order valence-electron chi connectivity index (χ0n) is 8.98. The predicted octanol–water partition coefficient (Wildman–Crippen LogP) is 1.74. The summed E-state index contributed by atoms with van der Waals surface area (Å²) < 4.78 is 0. The standard InChI is InChI=1S/C10H24N2/c1-9(2,3)5-6-10(4,7-11)8-12/h5-8,11-12H2,1-4H3. The van der Waals surface area contributed by atoms with Gasteiger partial charge in [-0.2, -0.15) is 0 Å². The Morgan fingerprint density at radius 1 is 0.833 bits per heavy atom. The first-order valence-electron chi connectivity index (χ1n) is 4.73. The first-order chi connectivity index (χ1) is 5.33. The van der Waals surface area contributed by atoms with Gasteiger partial charge in [0.05, 0.1) is 0 Å². The molecule has 0 radical (unpaired) electrons. The molecule has 0 saturated carbocycles. The van der Waals surface area contributed by atoms with Gasteiger partial charge in [-0.25, -0.2) is 0 Å². The van der Waals surface area contributed by atoms with E-state index in [4.69, 9.17) is 11.5 Å². The van der Waals surface area contributed by atoms with E-state index in [1.54, 1.807) is 0 Å². The van der Waals surface area contributed by atoms with Crippen molar-refractivity contribution in [2.24, 2.45) is 22.3 Å². The van der Waals surface area contributed by atoms with E-state index in [1.807, 2.05) is 0 Å². The van der Waals surface area contributed by atoms with Crippen molar-refractivity contribution in [1.82, 2.24) is 0 Å². The molecule has 0 aromatic heterocycles. The minimum absolute atomic E-state index is 0.146. The third-order valence-electron chi connectivity index (χ3n) is 2.46. The Labute approximate surface area is 76.7 Å². The van der Waals surface area contributed by atoms with Crippen molar-refractivity contribution in [3.63, 3.8) is 0 Å². The van der Waals surface area contributed by atoms with E-state index in [9.17, 15) is 0 Å². The zero-order valence-corrected chi connectivity index (χ0v) is 8.98. The molecule has 0 aromatic rings. The fourth-order valence-electron chi connectivity index (χ4n) is 0.964. The molecule has 74 valence electrons. The quantitative estimate of drug-likeness (QED) is 0.678. The molecule has 0 unspecified atom stereocenters. The lowest BCUT2D eigenvalue weighted by atomic mass is 9.79. The second-order valence-corrected chi connectivity index (χ2v) is 5.28. The summed E-state index contributed by atoms with van der Waals surface area (Å²) >= 11 is 0. The Hall–Kier alpha value is -0.0800. The van der Waals surface area contributed by atoms with Crippen LogP contribution in [-0.4, -0.2) is 13.1 Å². The summed E-state index contributed by atoms with van der Waals surface area (Å²) in [6.45, 7) is 10.3. The lowest BCUT2D eigenvalue weighted by Gasteiger charge is -2.29. The molecule has 0 aliphatic carbocycles. The summed E-state index contributed by atoms with van der Waals surface area (Å²) in [6.07, 6.45) is 2.32. The average Bonchev–Trinajstić information content (AvgIpc) is 1.99. The van der Waals surface area contributed by atoms with Crippen LogP contribution in [0.15, 0.2) is 0 Å². The van der Waals surface area contributed by atoms with Crippen LogP contribution >= 0.6 is 0 Å². The molecule has 0 aromatic carbocycles. The SMILES string of the molecule is CC(C)(C)CCC(C)(CN)CN. The summed E-state index contributed by atoms with van der Waals surface area (Å²) in [6, 6.07) is 0. The molecular weight excluding hydrogens is 148 g/mol. The lowest BCUT2D eigenvalue weighted by Crippen LogP contribution is -2.35. The van der Waals surface area contributed by atoms with Gasteiger partial charge in [0.1, 0.15) is 0 Å². The van der Waals surface area contributed by atoms with Crippen LogP contribution in [0.25, 0.3) is 0 Å². The molecule has 0 fully saturated rings. The Morgan fingerprint density at radius 3 is 1.50 bits per heavy atom. The summed E-state index contributed by atoms with van der Waals surface area (Å²) in [5.41, 5.74) is 11.9. The van der Waals surface area contributed by atoms with Crippen molar-refractivity contribution in [2.45, 2.75) is 40.5 Å². The van der Waals surface area contributed by atoms with Gasteiger partial charge in [0.2, 0.25) is 0 Å². The predicted molar refractivity (Wildman–Crippen MR) is 54.9 cm³/mol. The van der Waals surface area contributed by atoms with E-state index in [2.05, 4.69) is 27.7 Å². The van der Waals surface area contributed by atoms with Gasteiger partial charge in [0.25, 0.3) is 0 Å². The molecule has 0 amide bonds. The molecule has 0 spiro atoms. The van der Waals surface area contributed by atoms with Gasteiger partial charge in [-0.15, -0.1) is 0 Å². The van der Waals surface area contributed by atoms with E-state index in [0.717, 1.165) is 6.42 Å². The maximum atomic E-state index is 5.67. The van der Waals surface area contributed by atoms with Gasteiger partial charge in [-0.3, -0.25) is 0 Å². The van der Waals surface area contributed by atoms with Crippen LogP contribution in [-0.2, 0) is 0 Å². The van der Waals surface area contributed by atoms with E-state index < -0.39 is 0 Å². The molecule has 0 saturated heterocycles. The second-order valence-electron chi connectivity index (χ2n) is 5.28. The number of hydrogen-bond acceptors (Lipinski definition) is 2. The van der Waals surface area contributed by atoms with Crippen LogP contribution in [0.2, 0.25) is 0 Å². The first-order valence-corrected chi connectivity index (χ1v) is 4.73. The third kappa shape index (κ3) is 4.73. The van der Waals surface area contributed by atoms with Crippen molar-refractivity contribution >= 4 is 0 Å². The van der Waals surface area contributed by atoms with Gasteiger partial charge in [0.15, 0.2) is 0 Å². The summed E-state index contributed by atoms with van der Waals surface area (Å²) in [7, 11) is 0. The summed E-state index contributed by atoms with van der Waals surface area (Å²) in [4.78, 5) is 0. The summed E-state index contributed by atoms with van der Waals surface area (Å²) in [5.74, 6) is 0. The van der Waals surface area contributed by atoms with Crippen LogP contribution < -0.4 is 11.5 Å². The number of hydrogen-bond donors (Lipinski definition) is 2. The van der Waals surface area contributed by atoms with Crippen LogP contribution in [0.5, 0.6) is 0 Å². The van der Waals surface area contributed by atoms with Crippen LogP contribution in [0.3, 0.4) is 0 Å². The highest BCUT2D eigenvalue weighted by atomic mass is 14.7. The maximum absolute atomic E-state index is 5.67. The van der Waals surface area contributed by atoms with E-state index in [0.29, 0.717) is 18.5 Å². The highest BCUT2D eigenvalue weighted by molar-refractivity contribution is 4.78. The minimum Gasteiger partial charge on any atom is -0.330 e. The summed E-state index contributed by atoms with van der Waals surface area (Å²) in [5, 5.41) is 0. The molecule has 0 heterocycles. The molecule has 0 aliphatic rings. The number of rotatable bonds is 4. The molecule has 0 bridgehead atoms. The monoisotopic (exact) mass is 172 g/mol. The topological polar surface area (TPSA) is 52.0 Å². The maximum Gasteiger partial charge on any atom is -0.00111 e. The van der Waals surface area contributed by atoms with Gasteiger partial charge >= 0.3 is 0 Å². The van der Waals surface area contributed by atoms with Gasteiger partial charge in [0, 0.05) is 0 Å². The zero-order chi connectivity index (χ0) is 9.83. The molecule has 0 atom stereocenters. The second kappa shape index (κ2) is 4.24. The molecule has 2 heteroatoms. The largest absolute Gasteiger partial charge is 0.330 e. The van der Waals surface area contributed by atoms with E-state index >= 15 is 0 Å². The van der Waals surface area contributed by atoms with Crippen molar-refractivity contribution in [1.29, 1.82) is 0 Å². The Balaban J connectivity index is 3.89. The van der Waals surface area contributed by atoms with Gasteiger partial charge < -0.3 is 11.5 Å². The molecule has 4 N–H and O–H groups in total. The van der Waals surface area contributed by atoms with Crippen molar-refractivity contribution in [3.8, 4) is 0 Å². The Bertz CT molecular complexity index is 120. The molecule has 0 rings (SSSR count). The van der Waals surface area contributed by atoms with Crippen LogP contribution in [0.4, 0.5) is 0 Å². The molecule has 2 nitrogen and oxygen atoms in total. The minimum atomic E-state index is 0.146. The van der Waals surface area contributed by atoms with Gasteiger partial charge in [-0.1, -0.05) is 27.7 Å². The van der Waals surface area contributed by atoms with Crippen molar-refractivity contribution < 1.29 is 0 Å². The number of nitrogens with two attached hydrogens (primary N) is 2. The Kier molecular flexibility index (Phi) is 4.21. The lowest BCUT2D eigenvalue weighted by molar-refractivity contribution is 0.248. The normalized spacial score (nSPS) is 13.5.